The lowest BCUT2D eigenvalue weighted by atomic mass is 10.1. The van der Waals surface area contributed by atoms with Crippen LogP contribution in [-0.4, -0.2) is 16.0 Å². The molecule has 0 bridgehead atoms. The number of carbonyl (C=O) groups excluding carboxylic acids is 1. The molecular weight excluding hydrogens is 394 g/mol. The fourth-order valence-corrected chi connectivity index (χ4v) is 4.67. The molecule has 1 heterocycles. The van der Waals surface area contributed by atoms with Crippen molar-refractivity contribution >= 4 is 59.8 Å². The summed E-state index contributed by atoms with van der Waals surface area (Å²) < 4.78 is 1.85. The van der Waals surface area contributed by atoms with Crippen LogP contribution in [0.2, 0.25) is 0 Å². The standard InChI is InChI=1S/C24H17N3O2S/c1-14(28)25-18-12-7-10-16-20(18)23(29)22(26-15-8-3-2-4-9-15)24-21(16)27-17-11-5-6-13-19(17)30-24/h2-13,26,29H,1H3. The lowest BCUT2D eigenvalue weighted by molar-refractivity contribution is -0.116. The van der Waals surface area contributed by atoms with Gasteiger partial charge in [-0.25, -0.2) is 9.98 Å². The zero-order chi connectivity index (χ0) is 20.7. The van der Waals surface area contributed by atoms with E-state index in [2.05, 4.69) is 10.3 Å². The monoisotopic (exact) mass is 411 g/mol. The summed E-state index contributed by atoms with van der Waals surface area (Å²) in [5.41, 5.74) is 3.03. The van der Waals surface area contributed by atoms with Crippen molar-refractivity contribution in [1.82, 2.24) is 4.98 Å². The molecule has 4 aromatic carbocycles. The molecule has 2 N–H and O–H groups in total. The molecule has 1 aromatic heterocycles. The fourth-order valence-electron chi connectivity index (χ4n) is 3.58. The molecular formula is C24H17N3O2S. The molecule has 0 radical (unpaired) electrons. The number of phenolic OH excluding ortho intramolecular Hbond substituents is 1. The molecule has 6 heteroatoms. The Hall–Kier alpha value is -3.77. The number of aromatic hydroxyl groups is 1. The topological polar surface area (TPSA) is 74.6 Å². The number of carbonyl (C=O) groups is 1. The summed E-state index contributed by atoms with van der Waals surface area (Å²) in [5.74, 6) is -0.274. The van der Waals surface area contributed by atoms with Gasteiger partial charge >= 0.3 is 0 Å². The van der Waals surface area contributed by atoms with E-state index >= 15 is 0 Å². The summed E-state index contributed by atoms with van der Waals surface area (Å²) in [5, 5.41) is 16.4. The van der Waals surface area contributed by atoms with E-state index in [1.165, 1.54) is 6.92 Å². The van der Waals surface area contributed by atoms with Gasteiger partial charge in [0, 0.05) is 18.0 Å². The second-order valence-corrected chi connectivity index (χ2v) is 7.96. The molecule has 0 saturated heterocycles. The maximum Gasteiger partial charge on any atom is 0.243 e. The highest BCUT2D eigenvalue weighted by atomic mass is 32.1. The molecule has 5 rings (SSSR count). The molecule has 0 aliphatic heterocycles. The molecule has 0 saturated carbocycles. The first-order valence-corrected chi connectivity index (χ1v) is 10.3. The van der Waals surface area contributed by atoms with Crippen molar-refractivity contribution in [2.45, 2.75) is 6.92 Å². The van der Waals surface area contributed by atoms with Gasteiger partial charge in [0.2, 0.25) is 5.91 Å². The lowest BCUT2D eigenvalue weighted by Gasteiger charge is -2.15. The van der Waals surface area contributed by atoms with Gasteiger partial charge in [-0.05, 0) is 30.3 Å². The van der Waals surface area contributed by atoms with Gasteiger partial charge in [0.1, 0.15) is 5.69 Å². The van der Waals surface area contributed by atoms with Crippen LogP contribution in [0.25, 0.3) is 31.2 Å². The van der Waals surface area contributed by atoms with Gasteiger partial charge in [0.05, 0.1) is 31.2 Å². The number of para-hydroxylation sites is 2. The molecule has 0 atom stereocenters. The average molecular weight is 411 g/mol. The van der Waals surface area contributed by atoms with Gasteiger partial charge in [0.15, 0.2) is 5.75 Å². The number of hydrogen-bond donors (Lipinski definition) is 2. The smallest absolute Gasteiger partial charge is 0.243 e. The van der Waals surface area contributed by atoms with Crippen LogP contribution in [0.15, 0.2) is 77.8 Å². The number of nitrogens with zero attached hydrogens (tertiary/aromatic N) is 2. The number of nitrogens with one attached hydrogen (secondary N) is 1. The summed E-state index contributed by atoms with van der Waals surface area (Å²) in [6, 6.07) is 23.0. The van der Waals surface area contributed by atoms with Gasteiger partial charge in [-0.1, -0.05) is 42.5 Å². The normalized spacial score (nSPS) is 12.0. The van der Waals surface area contributed by atoms with Crippen LogP contribution in [0.5, 0.6) is 5.75 Å². The van der Waals surface area contributed by atoms with Gasteiger partial charge in [-0.2, -0.15) is 0 Å². The molecule has 0 aliphatic rings. The molecule has 5 aromatic rings. The quantitative estimate of drug-likeness (QED) is 0.229. The summed E-state index contributed by atoms with van der Waals surface area (Å²) in [7, 11) is 0. The highest BCUT2D eigenvalue weighted by Gasteiger charge is 2.18. The maximum atomic E-state index is 11.7. The van der Waals surface area contributed by atoms with E-state index < -0.39 is 0 Å². The Balaban J connectivity index is 1.97. The first kappa shape index (κ1) is 18.3. The first-order valence-electron chi connectivity index (χ1n) is 9.46. The largest absolute Gasteiger partial charge is 0.505 e. The molecule has 0 aliphatic carbocycles. The maximum absolute atomic E-state index is 11.7. The van der Waals surface area contributed by atoms with E-state index in [1.54, 1.807) is 17.4 Å². The van der Waals surface area contributed by atoms with Crippen molar-refractivity contribution in [1.29, 1.82) is 0 Å². The summed E-state index contributed by atoms with van der Waals surface area (Å²) in [6.07, 6.45) is 0. The third-order valence-electron chi connectivity index (χ3n) is 4.84. The first-order chi connectivity index (χ1) is 14.6. The molecule has 0 unspecified atom stereocenters. The number of rotatable bonds is 2. The predicted octanol–water partition coefficient (Wildman–Crippen LogP) is 5.50. The average Bonchev–Trinajstić information content (AvgIpc) is 2.76. The number of amides is 1. The number of fused-ring (bicyclic) bond motifs is 4. The van der Waals surface area contributed by atoms with Gasteiger partial charge in [0.25, 0.3) is 0 Å². The Labute approximate surface area is 176 Å². The molecule has 146 valence electrons. The zero-order valence-electron chi connectivity index (χ0n) is 16.1. The van der Waals surface area contributed by atoms with Crippen LogP contribution in [0.1, 0.15) is 6.92 Å². The third kappa shape index (κ3) is 3.07. The van der Waals surface area contributed by atoms with E-state index in [4.69, 9.17) is 4.98 Å². The van der Waals surface area contributed by atoms with E-state index in [-0.39, 0.29) is 11.7 Å². The summed E-state index contributed by atoms with van der Waals surface area (Å²) in [6.45, 7) is 1.40. The van der Waals surface area contributed by atoms with Gasteiger partial charge < -0.3 is 10.4 Å². The van der Waals surface area contributed by atoms with E-state index in [0.717, 1.165) is 31.5 Å². The Morgan fingerprint density at radius 3 is 2.57 bits per heavy atom. The number of aromatic nitrogens is 1. The van der Waals surface area contributed by atoms with Crippen molar-refractivity contribution in [3.63, 3.8) is 0 Å². The Bertz CT molecular complexity index is 1510. The van der Waals surface area contributed by atoms with E-state index in [0.29, 0.717) is 16.4 Å². The SMILES string of the molecule is CC(=O)N=c1cccc2c1c(O)c(Nc1ccccc1)c1sc3ccccc3nc12. The van der Waals surface area contributed by atoms with Crippen LogP contribution >= 0.6 is 11.3 Å². The van der Waals surface area contributed by atoms with Crippen molar-refractivity contribution < 1.29 is 9.90 Å². The minimum absolute atomic E-state index is 0.0512. The highest BCUT2D eigenvalue weighted by Crippen LogP contribution is 2.43. The molecule has 1 amide bonds. The van der Waals surface area contributed by atoms with Crippen LogP contribution < -0.4 is 10.7 Å². The van der Waals surface area contributed by atoms with Crippen molar-refractivity contribution in [3.05, 3.63) is 78.2 Å². The van der Waals surface area contributed by atoms with E-state index in [1.807, 2.05) is 66.7 Å². The Morgan fingerprint density at radius 2 is 1.77 bits per heavy atom. The number of anilines is 2. The minimum Gasteiger partial charge on any atom is -0.505 e. The number of hydrogen-bond acceptors (Lipinski definition) is 5. The van der Waals surface area contributed by atoms with E-state index in [9.17, 15) is 9.90 Å². The van der Waals surface area contributed by atoms with Crippen LogP contribution in [-0.2, 0) is 4.79 Å². The summed E-state index contributed by atoms with van der Waals surface area (Å²) >= 11 is 1.56. The Morgan fingerprint density at radius 1 is 1.00 bits per heavy atom. The molecule has 0 fully saturated rings. The molecule has 30 heavy (non-hydrogen) atoms. The van der Waals surface area contributed by atoms with Gasteiger partial charge in [-0.3, -0.25) is 4.79 Å². The predicted molar refractivity (Wildman–Crippen MR) is 122 cm³/mol. The second kappa shape index (κ2) is 7.24. The number of phenols is 1. The Kier molecular flexibility index (Phi) is 4.41. The third-order valence-corrected chi connectivity index (χ3v) is 6.01. The van der Waals surface area contributed by atoms with Crippen molar-refractivity contribution in [2.24, 2.45) is 4.99 Å². The fraction of sp³-hybridized carbons (Fsp3) is 0.0417. The van der Waals surface area contributed by atoms with Gasteiger partial charge in [-0.15, -0.1) is 11.3 Å². The van der Waals surface area contributed by atoms with Crippen molar-refractivity contribution in [3.8, 4) is 5.75 Å². The van der Waals surface area contributed by atoms with Crippen LogP contribution in [0, 0.1) is 0 Å². The summed E-state index contributed by atoms with van der Waals surface area (Å²) in [4.78, 5) is 20.7. The second-order valence-electron chi connectivity index (χ2n) is 6.90. The van der Waals surface area contributed by atoms with Crippen LogP contribution in [0.4, 0.5) is 11.4 Å². The van der Waals surface area contributed by atoms with Crippen molar-refractivity contribution in [2.75, 3.05) is 5.32 Å². The minimum atomic E-state index is -0.325. The number of benzene rings is 4. The zero-order valence-corrected chi connectivity index (χ0v) is 16.9. The lowest BCUT2D eigenvalue weighted by Crippen LogP contribution is -2.07. The molecule has 5 nitrogen and oxygen atoms in total. The molecule has 0 spiro atoms. The highest BCUT2D eigenvalue weighted by molar-refractivity contribution is 7.25. The van der Waals surface area contributed by atoms with Crippen LogP contribution in [0.3, 0.4) is 0 Å².